The first kappa shape index (κ1) is 23.3. The molecule has 0 unspecified atom stereocenters. The van der Waals surface area contributed by atoms with Crippen LogP contribution in [0.4, 0.5) is 8.78 Å². The zero-order chi connectivity index (χ0) is 24.0. The summed E-state index contributed by atoms with van der Waals surface area (Å²) < 4.78 is 42.8. The van der Waals surface area contributed by atoms with Crippen LogP contribution in [0, 0.1) is 12.3 Å². The van der Waals surface area contributed by atoms with Crippen molar-refractivity contribution < 1.29 is 32.9 Å². The maximum atomic E-state index is 13.7. The quantitative estimate of drug-likeness (QED) is 0.642. The summed E-state index contributed by atoms with van der Waals surface area (Å²) >= 11 is 0. The second-order valence-electron chi connectivity index (χ2n) is 9.49. The van der Waals surface area contributed by atoms with Crippen LogP contribution >= 0.6 is 0 Å². The zero-order valence-electron chi connectivity index (χ0n) is 19.3. The number of carboxylic acid groups (broad SMARTS) is 1. The Balaban J connectivity index is 1.60. The Morgan fingerprint density at radius 1 is 1.21 bits per heavy atom. The van der Waals surface area contributed by atoms with E-state index in [2.05, 4.69) is 15.7 Å². The third-order valence-electron chi connectivity index (χ3n) is 6.24. The molecule has 1 N–H and O–H groups in total. The number of aryl methyl sites for hydroxylation is 1. The molecule has 0 aliphatic carbocycles. The minimum Gasteiger partial charge on any atom is -0.485 e. The van der Waals surface area contributed by atoms with Crippen molar-refractivity contribution in [2.45, 2.75) is 66.0 Å². The van der Waals surface area contributed by atoms with Crippen molar-refractivity contribution in [1.82, 2.24) is 4.90 Å². The number of aliphatic carboxylic acids is 1. The summed E-state index contributed by atoms with van der Waals surface area (Å²) in [6.07, 6.45) is -2.78. The van der Waals surface area contributed by atoms with Crippen LogP contribution in [-0.2, 0) is 24.3 Å². The molecule has 178 valence electrons. The molecule has 0 saturated carbocycles. The van der Waals surface area contributed by atoms with E-state index < -0.39 is 17.7 Å². The number of nitrogens with zero attached hydrogens (tertiary/aromatic N) is 1. The number of carboxylic acids is 1. The van der Waals surface area contributed by atoms with Gasteiger partial charge in [0.15, 0.2) is 11.5 Å². The van der Waals surface area contributed by atoms with Crippen LogP contribution in [0.25, 0.3) is 0 Å². The Hall–Kier alpha value is -2.87. The smallest absolute Gasteiger partial charge is 0.485 e. The minimum absolute atomic E-state index is 0.0216. The average molecular weight is 462 g/mol. The van der Waals surface area contributed by atoms with Crippen LogP contribution < -0.4 is 14.2 Å². The van der Waals surface area contributed by atoms with Crippen molar-refractivity contribution in [3.63, 3.8) is 0 Å². The van der Waals surface area contributed by atoms with E-state index in [1.165, 1.54) is 6.07 Å². The van der Waals surface area contributed by atoms with E-state index in [1.54, 1.807) is 19.9 Å². The highest BCUT2D eigenvalue weighted by molar-refractivity contribution is 5.74. The van der Waals surface area contributed by atoms with Gasteiger partial charge in [-0.25, -0.2) is 0 Å². The summed E-state index contributed by atoms with van der Waals surface area (Å²) in [4.78, 5) is 13.8. The van der Waals surface area contributed by atoms with Gasteiger partial charge in [0.1, 0.15) is 6.10 Å². The molecule has 0 aromatic heterocycles. The number of ether oxygens (including phenoxy) is 3. The highest BCUT2D eigenvalue weighted by atomic mass is 19.3. The number of halogens is 2. The summed E-state index contributed by atoms with van der Waals surface area (Å²) in [5.74, 6) is -0.591. The molecule has 2 aliphatic heterocycles. The van der Waals surface area contributed by atoms with Crippen molar-refractivity contribution in [3.05, 3.63) is 52.6 Å². The lowest BCUT2D eigenvalue weighted by molar-refractivity contribution is -0.287. The SMILES string of the molecule is CC[C@@H]1CN(Cc2cc(CC(C)(C)C(=O)O)ccc2C)Cc2ccc3c(c2O1)OC(F)(F)O3. The number of fused-ring (bicyclic) bond motifs is 3. The molecule has 2 aromatic carbocycles. The Labute approximate surface area is 192 Å². The molecule has 2 heterocycles. The van der Waals surface area contributed by atoms with Crippen LogP contribution in [0.2, 0.25) is 0 Å². The summed E-state index contributed by atoms with van der Waals surface area (Å²) in [5, 5.41) is 9.48. The number of benzene rings is 2. The fourth-order valence-corrected chi connectivity index (χ4v) is 4.25. The van der Waals surface area contributed by atoms with Crippen LogP contribution in [0.1, 0.15) is 49.4 Å². The van der Waals surface area contributed by atoms with Crippen molar-refractivity contribution in [2.75, 3.05) is 6.54 Å². The van der Waals surface area contributed by atoms with Gasteiger partial charge in [-0.05, 0) is 56.4 Å². The van der Waals surface area contributed by atoms with E-state index in [1.807, 2.05) is 26.0 Å². The fraction of sp³-hybridized carbons (Fsp3) is 0.480. The first-order valence-corrected chi connectivity index (χ1v) is 11.1. The number of hydrogen-bond donors (Lipinski definition) is 1. The van der Waals surface area contributed by atoms with Gasteiger partial charge in [-0.3, -0.25) is 9.69 Å². The Morgan fingerprint density at radius 3 is 2.67 bits per heavy atom. The standard InChI is InChI=1S/C25H29F2NO5/c1-5-19-14-28(12-17-8-9-20-22(21(17)31-19)33-25(26,27)32-20)13-18-10-16(7-6-15(18)2)11-24(3,4)23(29)30/h6-10,19H,5,11-14H2,1-4H3,(H,29,30)/t19-/m1/s1. The first-order valence-electron chi connectivity index (χ1n) is 11.1. The van der Waals surface area contributed by atoms with Gasteiger partial charge in [-0.2, -0.15) is 0 Å². The molecule has 33 heavy (non-hydrogen) atoms. The maximum Gasteiger partial charge on any atom is 0.586 e. The topological polar surface area (TPSA) is 68.2 Å². The minimum atomic E-state index is -3.70. The van der Waals surface area contributed by atoms with Gasteiger partial charge >= 0.3 is 12.3 Å². The van der Waals surface area contributed by atoms with Crippen LogP contribution in [-0.4, -0.2) is 34.9 Å². The maximum absolute atomic E-state index is 13.7. The molecular formula is C25H29F2NO5. The number of rotatable bonds is 6. The Kier molecular flexibility index (Phi) is 5.99. The van der Waals surface area contributed by atoms with Gasteiger partial charge in [0.25, 0.3) is 0 Å². The van der Waals surface area contributed by atoms with Crippen LogP contribution in [0.3, 0.4) is 0 Å². The molecule has 1 atom stereocenters. The highest BCUT2D eigenvalue weighted by Crippen LogP contribution is 2.50. The summed E-state index contributed by atoms with van der Waals surface area (Å²) in [7, 11) is 0. The Bertz CT molecular complexity index is 1070. The molecule has 0 amide bonds. The molecule has 2 aliphatic rings. The lowest BCUT2D eigenvalue weighted by atomic mass is 9.85. The van der Waals surface area contributed by atoms with Crippen molar-refractivity contribution in [1.29, 1.82) is 0 Å². The molecule has 6 nitrogen and oxygen atoms in total. The van der Waals surface area contributed by atoms with E-state index in [-0.39, 0.29) is 17.6 Å². The molecule has 2 aromatic rings. The third kappa shape index (κ3) is 4.90. The number of alkyl halides is 2. The summed E-state index contributed by atoms with van der Waals surface area (Å²) in [6.45, 7) is 9.19. The molecule has 8 heteroatoms. The van der Waals surface area contributed by atoms with Gasteiger partial charge in [-0.15, -0.1) is 8.78 Å². The Morgan fingerprint density at radius 2 is 1.97 bits per heavy atom. The van der Waals surface area contributed by atoms with Gasteiger partial charge in [0, 0.05) is 25.2 Å². The molecule has 0 bridgehead atoms. The normalized spacial score (nSPS) is 19.5. The monoisotopic (exact) mass is 461 g/mol. The molecule has 0 fully saturated rings. The zero-order valence-corrected chi connectivity index (χ0v) is 19.3. The van der Waals surface area contributed by atoms with Crippen LogP contribution in [0.5, 0.6) is 17.2 Å². The van der Waals surface area contributed by atoms with Gasteiger partial charge < -0.3 is 19.3 Å². The number of hydrogen-bond acceptors (Lipinski definition) is 5. The molecular weight excluding hydrogens is 432 g/mol. The van der Waals surface area contributed by atoms with Crippen molar-refractivity contribution >= 4 is 5.97 Å². The van der Waals surface area contributed by atoms with Crippen LogP contribution in [0.15, 0.2) is 30.3 Å². The predicted molar refractivity (Wildman–Crippen MR) is 118 cm³/mol. The highest BCUT2D eigenvalue weighted by Gasteiger charge is 2.46. The second-order valence-corrected chi connectivity index (χ2v) is 9.49. The molecule has 0 saturated heterocycles. The summed E-state index contributed by atoms with van der Waals surface area (Å²) in [6, 6.07) is 9.28. The van der Waals surface area contributed by atoms with E-state index in [9.17, 15) is 18.7 Å². The predicted octanol–water partition coefficient (Wildman–Crippen LogP) is 5.14. The lowest BCUT2D eigenvalue weighted by Gasteiger charge is -2.25. The van der Waals surface area contributed by atoms with Gasteiger partial charge in [0.05, 0.1) is 5.41 Å². The number of carbonyl (C=O) groups is 1. The van der Waals surface area contributed by atoms with E-state index in [0.717, 1.165) is 22.3 Å². The van der Waals surface area contributed by atoms with E-state index in [4.69, 9.17) is 9.47 Å². The van der Waals surface area contributed by atoms with Crippen molar-refractivity contribution in [2.24, 2.45) is 5.41 Å². The van der Waals surface area contributed by atoms with Crippen molar-refractivity contribution in [3.8, 4) is 17.2 Å². The van der Waals surface area contributed by atoms with E-state index >= 15 is 0 Å². The lowest BCUT2D eigenvalue weighted by Crippen LogP contribution is -2.32. The first-order chi connectivity index (χ1) is 15.5. The fourth-order valence-electron chi connectivity index (χ4n) is 4.25. The largest absolute Gasteiger partial charge is 0.586 e. The molecule has 0 spiro atoms. The van der Waals surface area contributed by atoms with E-state index in [0.29, 0.717) is 38.2 Å². The average Bonchev–Trinajstić information content (AvgIpc) is 2.93. The van der Waals surface area contributed by atoms with Gasteiger partial charge in [-0.1, -0.05) is 31.2 Å². The third-order valence-corrected chi connectivity index (χ3v) is 6.24. The summed E-state index contributed by atoms with van der Waals surface area (Å²) in [5.41, 5.74) is 3.06. The molecule has 0 radical (unpaired) electrons. The van der Waals surface area contributed by atoms with Gasteiger partial charge in [0.2, 0.25) is 5.75 Å². The molecule has 4 rings (SSSR count). The second kappa shape index (κ2) is 8.48.